The number of hydrogen-bond acceptors (Lipinski definition) is 5. The Bertz CT molecular complexity index is 562. The molecular formula is C10H12N4O6. The molecule has 0 saturated heterocycles. The van der Waals surface area contributed by atoms with E-state index >= 15 is 0 Å². The van der Waals surface area contributed by atoms with Crippen molar-refractivity contribution in [1.29, 1.82) is 0 Å². The van der Waals surface area contributed by atoms with Crippen molar-refractivity contribution in [3.05, 3.63) is 27.9 Å². The molecule has 20 heavy (non-hydrogen) atoms. The van der Waals surface area contributed by atoms with E-state index < -0.39 is 35.8 Å². The van der Waals surface area contributed by atoms with Crippen molar-refractivity contribution >= 4 is 23.6 Å². The number of amides is 2. The minimum Gasteiger partial charge on any atom is -0.480 e. The van der Waals surface area contributed by atoms with Gasteiger partial charge in [0.25, 0.3) is 5.91 Å². The lowest BCUT2D eigenvalue weighted by Crippen LogP contribution is -2.42. The number of carboxylic acids is 1. The molecule has 108 valence electrons. The van der Waals surface area contributed by atoms with Crippen LogP contribution in [0.4, 0.5) is 5.82 Å². The topological polar surface area (TPSA) is 149 Å². The molecule has 0 aliphatic heterocycles. The first kappa shape index (κ1) is 15.1. The molecule has 0 aliphatic rings. The number of carboxylic acid groups (broad SMARTS) is 1. The van der Waals surface area contributed by atoms with E-state index in [1.165, 1.54) is 13.1 Å². The van der Waals surface area contributed by atoms with Gasteiger partial charge in [0.1, 0.15) is 13.1 Å². The van der Waals surface area contributed by atoms with Crippen molar-refractivity contribution in [1.82, 2.24) is 9.47 Å². The Balaban J connectivity index is 3.08. The van der Waals surface area contributed by atoms with Crippen molar-refractivity contribution in [2.45, 2.75) is 0 Å². The number of hydrogen-bond donors (Lipinski definition) is 2. The summed E-state index contributed by atoms with van der Waals surface area (Å²) in [7, 11) is 1.29. The normalized spacial score (nSPS) is 10.1. The average Bonchev–Trinajstić information content (AvgIpc) is 2.68. The van der Waals surface area contributed by atoms with Crippen LogP contribution in [0.2, 0.25) is 0 Å². The molecule has 0 atom stereocenters. The molecule has 0 spiro atoms. The van der Waals surface area contributed by atoms with Crippen molar-refractivity contribution in [2.75, 3.05) is 13.1 Å². The summed E-state index contributed by atoms with van der Waals surface area (Å²) in [4.78, 5) is 44.3. The molecule has 0 unspecified atom stereocenters. The van der Waals surface area contributed by atoms with Gasteiger partial charge in [-0.15, -0.1) is 0 Å². The third-order valence-corrected chi connectivity index (χ3v) is 2.46. The summed E-state index contributed by atoms with van der Waals surface area (Å²) in [6.45, 7) is -1.33. The first-order chi connectivity index (χ1) is 9.23. The number of nitro groups is 1. The van der Waals surface area contributed by atoms with E-state index in [4.69, 9.17) is 10.8 Å². The fraction of sp³-hybridized carbons (Fsp3) is 0.300. The first-order valence-electron chi connectivity index (χ1n) is 5.33. The van der Waals surface area contributed by atoms with Gasteiger partial charge in [-0.25, -0.2) is 4.57 Å². The zero-order valence-electron chi connectivity index (χ0n) is 10.5. The van der Waals surface area contributed by atoms with Crippen molar-refractivity contribution in [3.8, 4) is 0 Å². The molecule has 0 radical (unpaired) electrons. The van der Waals surface area contributed by atoms with Crippen LogP contribution in [0.5, 0.6) is 0 Å². The van der Waals surface area contributed by atoms with Crippen LogP contribution in [-0.2, 0) is 16.6 Å². The van der Waals surface area contributed by atoms with E-state index in [2.05, 4.69) is 0 Å². The molecule has 3 N–H and O–H groups in total. The molecule has 2 amide bonds. The van der Waals surface area contributed by atoms with Gasteiger partial charge in [0.05, 0.1) is 7.05 Å². The maximum atomic E-state index is 12.1. The molecule has 10 nitrogen and oxygen atoms in total. The van der Waals surface area contributed by atoms with E-state index in [1.54, 1.807) is 0 Å². The van der Waals surface area contributed by atoms with E-state index in [1.807, 2.05) is 0 Å². The second-order valence-electron chi connectivity index (χ2n) is 3.91. The van der Waals surface area contributed by atoms with Crippen LogP contribution in [-0.4, -0.2) is 50.4 Å². The fourth-order valence-corrected chi connectivity index (χ4v) is 1.61. The second kappa shape index (κ2) is 5.82. The summed E-state index contributed by atoms with van der Waals surface area (Å²) >= 11 is 0. The lowest BCUT2D eigenvalue weighted by molar-refractivity contribution is -0.391. The van der Waals surface area contributed by atoms with Crippen LogP contribution in [0.3, 0.4) is 0 Å². The van der Waals surface area contributed by atoms with Crippen LogP contribution < -0.4 is 5.73 Å². The number of rotatable bonds is 6. The monoisotopic (exact) mass is 284 g/mol. The Morgan fingerprint density at radius 3 is 2.40 bits per heavy atom. The third-order valence-electron chi connectivity index (χ3n) is 2.46. The van der Waals surface area contributed by atoms with Gasteiger partial charge in [0, 0.05) is 6.07 Å². The number of nitrogens with zero attached hydrogens (tertiary/aromatic N) is 3. The summed E-state index contributed by atoms with van der Waals surface area (Å²) < 4.78 is 0.998. The van der Waals surface area contributed by atoms with Crippen molar-refractivity contribution in [3.63, 3.8) is 0 Å². The number of aromatic nitrogens is 1. The molecule has 1 heterocycles. The maximum Gasteiger partial charge on any atom is 0.323 e. The smallest absolute Gasteiger partial charge is 0.323 e. The summed E-state index contributed by atoms with van der Waals surface area (Å²) in [5.41, 5.74) is 4.82. The number of primary amides is 1. The number of carbonyl (C=O) groups is 3. The quantitative estimate of drug-likeness (QED) is 0.502. The molecule has 0 aliphatic carbocycles. The van der Waals surface area contributed by atoms with Crippen molar-refractivity contribution in [2.24, 2.45) is 12.8 Å². The van der Waals surface area contributed by atoms with E-state index in [9.17, 15) is 24.5 Å². The van der Waals surface area contributed by atoms with Crippen LogP contribution in [0, 0.1) is 10.1 Å². The van der Waals surface area contributed by atoms with Crippen LogP contribution >= 0.6 is 0 Å². The summed E-state index contributed by atoms with van der Waals surface area (Å²) in [5.74, 6) is -3.38. The summed E-state index contributed by atoms with van der Waals surface area (Å²) in [6, 6.07) is 2.28. The number of carbonyl (C=O) groups excluding carboxylic acids is 2. The number of aliphatic carboxylic acids is 1. The van der Waals surface area contributed by atoms with E-state index in [0.29, 0.717) is 4.90 Å². The molecule has 1 aromatic rings. The van der Waals surface area contributed by atoms with E-state index in [-0.39, 0.29) is 11.5 Å². The highest BCUT2D eigenvalue weighted by molar-refractivity contribution is 5.97. The first-order valence-corrected chi connectivity index (χ1v) is 5.33. The van der Waals surface area contributed by atoms with Gasteiger partial charge < -0.3 is 25.9 Å². The number of nitrogens with two attached hydrogens (primary N) is 1. The van der Waals surface area contributed by atoms with Gasteiger partial charge in [0.15, 0.2) is 5.69 Å². The van der Waals surface area contributed by atoms with E-state index in [0.717, 1.165) is 10.6 Å². The minimum atomic E-state index is -1.33. The largest absolute Gasteiger partial charge is 0.480 e. The van der Waals surface area contributed by atoms with Crippen LogP contribution in [0.25, 0.3) is 0 Å². The second-order valence-corrected chi connectivity index (χ2v) is 3.91. The van der Waals surface area contributed by atoms with Gasteiger partial charge in [-0.2, -0.15) is 0 Å². The Morgan fingerprint density at radius 1 is 1.40 bits per heavy atom. The molecule has 0 aromatic carbocycles. The highest BCUT2D eigenvalue weighted by Gasteiger charge is 2.27. The average molecular weight is 284 g/mol. The fourth-order valence-electron chi connectivity index (χ4n) is 1.61. The van der Waals surface area contributed by atoms with Gasteiger partial charge in [-0.05, 0) is 11.0 Å². The molecule has 1 rings (SSSR count). The summed E-state index contributed by atoms with van der Waals surface area (Å²) in [6.07, 6.45) is 0. The lowest BCUT2D eigenvalue weighted by Gasteiger charge is -2.17. The Kier molecular flexibility index (Phi) is 4.41. The van der Waals surface area contributed by atoms with Crippen molar-refractivity contribution < 1.29 is 24.4 Å². The SMILES string of the molecule is Cn1c(C(=O)N(CC(N)=O)CC(=O)O)ccc1[N+](=O)[O-]. The highest BCUT2D eigenvalue weighted by atomic mass is 16.6. The maximum absolute atomic E-state index is 12.1. The Morgan fingerprint density at radius 2 is 2.00 bits per heavy atom. The third kappa shape index (κ3) is 3.31. The minimum absolute atomic E-state index is 0.112. The van der Waals surface area contributed by atoms with Gasteiger partial charge in [0.2, 0.25) is 5.91 Å². The standard InChI is InChI=1S/C10H12N4O6/c1-12-6(2-3-8(12)14(19)20)10(18)13(4-7(11)15)5-9(16)17/h2-3H,4-5H2,1H3,(H2,11,15)(H,16,17). The molecule has 0 fully saturated rings. The van der Waals surface area contributed by atoms with Gasteiger partial charge in [-0.3, -0.25) is 14.4 Å². The molecule has 10 heteroatoms. The molecular weight excluding hydrogens is 272 g/mol. The Labute approximate surface area is 112 Å². The van der Waals surface area contributed by atoms with Gasteiger partial charge in [-0.1, -0.05) is 0 Å². The molecule has 0 bridgehead atoms. The Hall–Kier alpha value is -2.91. The highest BCUT2D eigenvalue weighted by Crippen LogP contribution is 2.16. The zero-order valence-corrected chi connectivity index (χ0v) is 10.5. The zero-order chi connectivity index (χ0) is 15.4. The predicted molar refractivity (Wildman–Crippen MR) is 64.8 cm³/mol. The predicted octanol–water partition coefficient (Wildman–Crippen LogP) is -1.05. The van der Waals surface area contributed by atoms with Crippen LogP contribution in [0.1, 0.15) is 10.5 Å². The van der Waals surface area contributed by atoms with Gasteiger partial charge >= 0.3 is 11.8 Å². The molecule has 0 saturated carbocycles. The lowest BCUT2D eigenvalue weighted by atomic mass is 10.3. The molecule has 1 aromatic heterocycles. The summed E-state index contributed by atoms with van der Waals surface area (Å²) in [5, 5.41) is 19.4. The van der Waals surface area contributed by atoms with Crippen LogP contribution in [0.15, 0.2) is 12.1 Å².